The molecule has 12 nitrogen and oxygen atoms in total. The van der Waals surface area contributed by atoms with Crippen molar-refractivity contribution in [3.63, 3.8) is 0 Å². The molecule has 0 aromatic carbocycles. The van der Waals surface area contributed by atoms with Gasteiger partial charge in [-0.25, -0.2) is 13.2 Å². The van der Waals surface area contributed by atoms with Gasteiger partial charge in [0.05, 0.1) is 22.1 Å². The molecule has 0 bridgehead atoms. The number of Topliss-reactive ketones (excluding diaryl/α,β-unsaturated/α-hetero) is 1. The third kappa shape index (κ3) is 8.49. The number of carbonyl (C=O) groups is 5. The van der Waals surface area contributed by atoms with Gasteiger partial charge in [0.25, 0.3) is 5.91 Å². The molecule has 1 saturated heterocycles. The first kappa shape index (κ1) is 38.5. The summed E-state index contributed by atoms with van der Waals surface area (Å²) in [4.78, 5) is 70.1. The number of carbonyl (C=O) groups excluding carboxylic acids is 5. The fourth-order valence-electron chi connectivity index (χ4n) is 8.13. The van der Waals surface area contributed by atoms with Crippen molar-refractivity contribution in [1.82, 2.24) is 26.2 Å². The summed E-state index contributed by atoms with van der Waals surface area (Å²) in [6, 6.07) is -3.45. The summed E-state index contributed by atoms with van der Waals surface area (Å²) in [5, 5.41) is 11.6. The highest BCUT2D eigenvalue weighted by atomic mass is 32.2. The fraction of sp³-hybridized carbons (Fsp3) is 0.865. The number of hydrogen-bond acceptors (Lipinski definition) is 7. The minimum Gasteiger partial charge on any atom is -0.347 e. The van der Waals surface area contributed by atoms with E-state index in [2.05, 4.69) is 35.1 Å². The Balaban J connectivity index is 1.33. The molecule has 5 unspecified atom stereocenters. The van der Waals surface area contributed by atoms with E-state index in [1.54, 1.807) is 25.7 Å². The first-order valence-electron chi connectivity index (χ1n) is 18.8. The van der Waals surface area contributed by atoms with Crippen LogP contribution in [-0.2, 0) is 29.0 Å². The summed E-state index contributed by atoms with van der Waals surface area (Å²) in [7, 11) is -3.56. The summed E-state index contributed by atoms with van der Waals surface area (Å²) in [6.45, 7) is 15.0. The average Bonchev–Trinajstić information content (AvgIpc) is 3.95. The van der Waals surface area contributed by atoms with Gasteiger partial charge in [-0.3, -0.25) is 19.2 Å². The lowest BCUT2D eigenvalue weighted by atomic mass is 9.83. The van der Waals surface area contributed by atoms with Crippen molar-refractivity contribution in [3.8, 4) is 0 Å². The van der Waals surface area contributed by atoms with E-state index >= 15 is 0 Å². The third-order valence-corrected chi connectivity index (χ3v) is 14.9. The van der Waals surface area contributed by atoms with Crippen molar-refractivity contribution in [2.45, 2.75) is 160 Å². The van der Waals surface area contributed by atoms with Crippen LogP contribution in [0.4, 0.5) is 4.79 Å². The van der Waals surface area contributed by atoms with Crippen LogP contribution >= 0.6 is 0 Å². The van der Waals surface area contributed by atoms with E-state index in [9.17, 15) is 32.4 Å². The Morgan fingerprint density at radius 2 is 1.50 bits per heavy atom. The van der Waals surface area contributed by atoms with Gasteiger partial charge in [0, 0.05) is 12.6 Å². The van der Waals surface area contributed by atoms with Crippen molar-refractivity contribution >= 4 is 39.4 Å². The second-order valence-corrected chi connectivity index (χ2v) is 21.4. The van der Waals surface area contributed by atoms with Crippen molar-refractivity contribution < 1.29 is 32.4 Å². The zero-order valence-electron chi connectivity index (χ0n) is 31.4. The molecule has 50 heavy (non-hydrogen) atoms. The normalized spacial score (nSPS) is 27.0. The zero-order chi connectivity index (χ0) is 37.0. The van der Waals surface area contributed by atoms with Crippen LogP contribution in [0, 0.1) is 28.6 Å². The standard InChI is InChI=1S/C37H61N5O7S/c1-34(2,3)29(40-33(47)41-37(18-10-9-11-19-37)21-50(48,49)35(4,5)6)32(46)42-20-24-26(36(24,7)8)27(42)30(44)39-25(17-14-22-12-13-22)28(43)31(45)38-23-15-16-23/h22-27,29H,9-21H2,1-8H3,(H,38,45)(H,39,44)(H2,40,41,47). The van der Waals surface area contributed by atoms with E-state index in [1.807, 2.05) is 20.8 Å². The van der Waals surface area contributed by atoms with Gasteiger partial charge in [-0.05, 0) is 87.9 Å². The van der Waals surface area contributed by atoms with Crippen LogP contribution in [0.1, 0.15) is 126 Å². The van der Waals surface area contributed by atoms with E-state index < -0.39 is 73.2 Å². The van der Waals surface area contributed by atoms with Gasteiger partial charge in [-0.2, -0.15) is 0 Å². The number of nitrogens with one attached hydrogen (secondary N) is 4. The molecule has 0 radical (unpaired) electrons. The van der Waals surface area contributed by atoms with Crippen LogP contribution in [0.5, 0.6) is 0 Å². The van der Waals surface area contributed by atoms with Crippen molar-refractivity contribution in [3.05, 3.63) is 0 Å². The van der Waals surface area contributed by atoms with E-state index in [-0.39, 0.29) is 29.0 Å². The van der Waals surface area contributed by atoms with Gasteiger partial charge in [0.1, 0.15) is 12.1 Å². The number of urea groups is 1. The molecule has 0 aromatic heterocycles. The molecule has 5 rings (SSSR count). The highest BCUT2D eigenvalue weighted by molar-refractivity contribution is 7.92. The van der Waals surface area contributed by atoms with Gasteiger partial charge in [-0.1, -0.05) is 66.7 Å². The molecule has 5 amide bonds. The molecular formula is C37H61N5O7S. The van der Waals surface area contributed by atoms with Crippen LogP contribution in [0.15, 0.2) is 0 Å². The smallest absolute Gasteiger partial charge is 0.315 e. The van der Waals surface area contributed by atoms with E-state index in [0.717, 1.165) is 51.4 Å². The first-order chi connectivity index (χ1) is 23.1. The third-order valence-electron chi connectivity index (χ3n) is 12.1. The van der Waals surface area contributed by atoms with Crippen LogP contribution < -0.4 is 21.3 Å². The Morgan fingerprint density at radius 1 is 0.880 bits per heavy atom. The second-order valence-electron chi connectivity index (χ2n) is 18.7. The Morgan fingerprint density at radius 3 is 2.04 bits per heavy atom. The van der Waals surface area contributed by atoms with Gasteiger partial charge < -0.3 is 26.2 Å². The van der Waals surface area contributed by atoms with Crippen molar-refractivity contribution in [2.24, 2.45) is 28.6 Å². The number of ketones is 1. The summed E-state index contributed by atoms with van der Waals surface area (Å²) in [5.41, 5.74) is -1.89. The van der Waals surface area contributed by atoms with Crippen molar-refractivity contribution in [2.75, 3.05) is 12.3 Å². The fourth-order valence-corrected chi connectivity index (χ4v) is 9.65. The molecular weight excluding hydrogens is 659 g/mol. The predicted molar refractivity (Wildman–Crippen MR) is 191 cm³/mol. The first-order valence-corrected chi connectivity index (χ1v) is 20.5. The zero-order valence-corrected chi connectivity index (χ0v) is 32.3. The van der Waals surface area contributed by atoms with Gasteiger partial charge in [-0.15, -0.1) is 0 Å². The molecule has 13 heteroatoms. The Kier molecular flexibility index (Phi) is 10.6. The Labute approximate surface area is 298 Å². The summed E-state index contributed by atoms with van der Waals surface area (Å²) < 4.78 is 25.7. The average molecular weight is 720 g/mol. The summed E-state index contributed by atoms with van der Waals surface area (Å²) in [6.07, 6.45) is 8.52. The van der Waals surface area contributed by atoms with Gasteiger partial charge >= 0.3 is 6.03 Å². The van der Waals surface area contributed by atoms with Gasteiger partial charge in [0.2, 0.25) is 17.6 Å². The number of rotatable bonds is 13. The molecule has 1 heterocycles. The monoisotopic (exact) mass is 719 g/mol. The van der Waals surface area contributed by atoms with Crippen LogP contribution in [-0.4, -0.2) is 89.6 Å². The topological polar surface area (TPSA) is 171 Å². The molecule has 1 aliphatic heterocycles. The SMILES string of the molecule is CC(C)(C)C(NC(=O)NC1(CS(=O)(=O)C(C)(C)C)CCCCC1)C(=O)N1CC2C(C1C(=O)NC(CCC1CC1)C(=O)C(=O)NC1CC1)C2(C)C. The van der Waals surface area contributed by atoms with E-state index in [1.165, 1.54) is 0 Å². The highest BCUT2D eigenvalue weighted by Gasteiger charge is 2.70. The lowest BCUT2D eigenvalue weighted by Gasteiger charge is -2.41. The van der Waals surface area contributed by atoms with Crippen LogP contribution in [0.3, 0.4) is 0 Å². The molecule has 0 spiro atoms. The molecule has 282 valence electrons. The largest absolute Gasteiger partial charge is 0.347 e. The number of amides is 5. The number of sulfone groups is 1. The molecule has 4 saturated carbocycles. The number of nitrogens with zero attached hydrogens (tertiary/aromatic N) is 1. The number of piperidine rings is 1. The van der Waals surface area contributed by atoms with Crippen LogP contribution in [0.25, 0.3) is 0 Å². The summed E-state index contributed by atoms with van der Waals surface area (Å²) in [5.74, 6) is -1.92. The second kappa shape index (κ2) is 13.7. The maximum absolute atomic E-state index is 14.5. The van der Waals surface area contributed by atoms with Crippen molar-refractivity contribution in [1.29, 1.82) is 0 Å². The molecule has 5 aliphatic rings. The molecule has 5 atom stereocenters. The number of hydrogen-bond donors (Lipinski definition) is 4. The maximum atomic E-state index is 14.5. The van der Waals surface area contributed by atoms with E-state index in [0.29, 0.717) is 31.7 Å². The predicted octanol–water partition coefficient (Wildman–Crippen LogP) is 3.62. The number of likely N-dealkylation sites (tertiary alicyclic amines) is 1. The Hall–Kier alpha value is -2.70. The van der Waals surface area contributed by atoms with Crippen LogP contribution in [0.2, 0.25) is 0 Å². The molecule has 5 fully saturated rings. The lowest BCUT2D eigenvalue weighted by Crippen LogP contribution is -2.64. The van der Waals surface area contributed by atoms with Gasteiger partial charge in [0.15, 0.2) is 9.84 Å². The highest BCUT2D eigenvalue weighted by Crippen LogP contribution is 2.65. The molecule has 0 aromatic rings. The number of fused-ring (bicyclic) bond motifs is 1. The maximum Gasteiger partial charge on any atom is 0.315 e. The molecule has 4 aliphatic carbocycles. The molecule has 4 N–H and O–H groups in total. The minimum absolute atomic E-state index is 0.0112. The Bertz CT molecular complexity index is 1470. The lowest BCUT2D eigenvalue weighted by molar-refractivity contribution is -0.145. The van der Waals surface area contributed by atoms with E-state index in [4.69, 9.17) is 0 Å². The quantitative estimate of drug-likeness (QED) is 0.211. The minimum atomic E-state index is -3.56. The summed E-state index contributed by atoms with van der Waals surface area (Å²) >= 11 is 0.